The van der Waals surface area contributed by atoms with Gasteiger partial charge >= 0.3 is 0 Å². The highest BCUT2D eigenvalue weighted by molar-refractivity contribution is 5.94. The van der Waals surface area contributed by atoms with E-state index in [4.69, 9.17) is 0 Å². The molecule has 2 heterocycles. The molecule has 2 saturated carbocycles. The molecular weight excluding hydrogens is 492 g/mol. The summed E-state index contributed by atoms with van der Waals surface area (Å²) in [7, 11) is 5.89. The van der Waals surface area contributed by atoms with Crippen molar-refractivity contribution in [2.45, 2.75) is 62.4 Å². The van der Waals surface area contributed by atoms with E-state index in [0.29, 0.717) is 18.3 Å². The number of pyridine rings is 1. The zero-order valence-electron chi connectivity index (χ0n) is 23.4. The minimum atomic E-state index is -0.801. The van der Waals surface area contributed by atoms with E-state index in [9.17, 15) is 14.7 Å². The molecule has 5 rings (SSSR count). The zero-order valence-corrected chi connectivity index (χ0v) is 23.4. The largest absolute Gasteiger partial charge is 0.365 e. The molecule has 1 saturated heterocycles. The first-order valence-corrected chi connectivity index (χ1v) is 14.2. The molecule has 9 nitrogen and oxygen atoms in total. The minimum absolute atomic E-state index is 0.0358. The average Bonchev–Trinajstić information content (AvgIpc) is 3.16. The predicted octanol–water partition coefficient (Wildman–Crippen LogP) is 2.84. The molecule has 1 spiro atoms. The number of carbonyl (C=O) groups excluding carboxylic acids is 2. The van der Waals surface area contributed by atoms with Crippen molar-refractivity contribution < 1.29 is 14.7 Å². The summed E-state index contributed by atoms with van der Waals surface area (Å²) in [6.07, 6.45) is 6.77. The summed E-state index contributed by atoms with van der Waals surface area (Å²) >= 11 is 0. The summed E-state index contributed by atoms with van der Waals surface area (Å²) in [5.41, 5.74) is 1.39. The van der Waals surface area contributed by atoms with Crippen LogP contribution in [0.3, 0.4) is 0 Å². The molecule has 1 aromatic heterocycles. The van der Waals surface area contributed by atoms with Crippen LogP contribution in [0.4, 0.5) is 5.82 Å². The van der Waals surface area contributed by atoms with Gasteiger partial charge in [-0.25, -0.2) is 4.98 Å². The van der Waals surface area contributed by atoms with E-state index in [1.54, 1.807) is 25.2 Å². The number of nitrogens with one attached hydrogen (secondary N) is 2. The number of carbonyl (C=O) groups is 2. The lowest BCUT2D eigenvalue weighted by Crippen LogP contribution is -2.57. The SMILES string of the molecule is CNC(=O)c1cccc(NC(=O)CN2CC3(CCC(c4ccccc4)(N(C)C)CC3)N(CC3CCC3)C2O)n1. The number of hydrogen-bond donors (Lipinski definition) is 3. The van der Waals surface area contributed by atoms with E-state index in [2.05, 4.69) is 69.8 Å². The van der Waals surface area contributed by atoms with Crippen molar-refractivity contribution in [1.82, 2.24) is 25.0 Å². The molecule has 9 heteroatoms. The van der Waals surface area contributed by atoms with Crippen LogP contribution in [0.25, 0.3) is 0 Å². The molecule has 39 heavy (non-hydrogen) atoms. The molecular formula is C30H42N6O3. The molecule has 3 N–H and O–H groups in total. The van der Waals surface area contributed by atoms with Crippen LogP contribution < -0.4 is 10.6 Å². The summed E-state index contributed by atoms with van der Waals surface area (Å²) in [6.45, 7) is 1.58. The van der Waals surface area contributed by atoms with Gasteiger partial charge < -0.3 is 15.7 Å². The normalized spacial score (nSPS) is 28.0. The van der Waals surface area contributed by atoms with Gasteiger partial charge in [-0.2, -0.15) is 0 Å². The summed E-state index contributed by atoms with van der Waals surface area (Å²) in [4.78, 5) is 35.8. The molecule has 3 fully saturated rings. The lowest BCUT2D eigenvalue weighted by molar-refractivity contribution is -0.126. The lowest BCUT2D eigenvalue weighted by Gasteiger charge is -2.52. The predicted molar refractivity (Wildman–Crippen MR) is 151 cm³/mol. The van der Waals surface area contributed by atoms with Crippen LogP contribution in [0.5, 0.6) is 0 Å². The summed E-state index contributed by atoms with van der Waals surface area (Å²) in [5, 5.41) is 16.9. The number of rotatable bonds is 8. The fourth-order valence-corrected chi connectivity index (χ4v) is 6.81. The van der Waals surface area contributed by atoms with Crippen molar-refractivity contribution in [2.24, 2.45) is 5.92 Å². The zero-order chi connectivity index (χ0) is 27.6. The molecule has 1 aliphatic heterocycles. The van der Waals surface area contributed by atoms with Crippen molar-refractivity contribution in [3.8, 4) is 0 Å². The molecule has 210 valence electrons. The minimum Gasteiger partial charge on any atom is -0.365 e. The van der Waals surface area contributed by atoms with Crippen LogP contribution >= 0.6 is 0 Å². The Morgan fingerprint density at radius 3 is 2.38 bits per heavy atom. The number of benzene rings is 1. The van der Waals surface area contributed by atoms with Crippen LogP contribution in [0, 0.1) is 5.92 Å². The van der Waals surface area contributed by atoms with Crippen molar-refractivity contribution >= 4 is 17.6 Å². The monoisotopic (exact) mass is 534 g/mol. The first-order valence-electron chi connectivity index (χ1n) is 14.2. The number of aliphatic hydroxyl groups is 1. The first kappa shape index (κ1) is 27.7. The number of anilines is 1. The first-order chi connectivity index (χ1) is 18.8. The van der Waals surface area contributed by atoms with E-state index in [0.717, 1.165) is 32.2 Å². The van der Waals surface area contributed by atoms with Gasteiger partial charge in [-0.15, -0.1) is 0 Å². The van der Waals surface area contributed by atoms with Gasteiger partial charge in [0.15, 0.2) is 6.35 Å². The lowest BCUT2D eigenvalue weighted by atomic mass is 9.68. The van der Waals surface area contributed by atoms with E-state index >= 15 is 0 Å². The van der Waals surface area contributed by atoms with Gasteiger partial charge in [0, 0.05) is 31.2 Å². The molecule has 1 aromatic carbocycles. The molecule has 2 aromatic rings. The third-order valence-corrected chi connectivity index (χ3v) is 9.39. The van der Waals surface area contributed by atoms with Gasteiger partial charge in [-0.1, -0.05) is 42.8 Å². The summed E-state index contributed by atoms with van der Waals surface area (Å²) in [5.74, 6) is 0.374. The third-order valence-electron chi connectivity index (χ3n) is 9.39. The maximum absolute atomic E-state index is 13.1. The van der Waals surface area contributed by atoms with Crippen LogP contribution in [0.2, 0.25) is 0 Å². The van der Waals surface area contributed by atoms with Crippen molar-refractivity contribution in [3.05, 3.63) is 59.8 Å². The van der Waals surface area contributed by atoms with E-state index in [1.807, 2.05) is 4.90 Å². The second kappa shape index (κ2) is 11.3. The Bertz CT molecular complexity index is 1160. The molecule has 1 unspecified atom stereocenters. The Labute approximate surface area is 231 Å². The molecule has 0 radical (unpaired) electrons. The van der Waals surface area contributed by atoms with Gasteiger partial charge in [0.2, 0.25) is 5.91 Å². The Morgan fingerprint density at radius 2 is 1.77 bits per heavy atom. The van der Waals surface area contributed by atoms with Gasteiger partial charge in [-0.3, -0.25) is 24.3 Å². The topological polar surface area (TPSA) is 101 Å². The maximum Gasteiger partial charge on any atom is 0.269 e. The van der Waals surface area contributed by atoms with Crippen molar-refractivity contribution in [3.63, 3.8) is 0 Å². The van der Waals surface area contributed by atoms with Crippen LogP contribution in [-0.4, -0.2) is 89.3 Å². The van der Waals surface area contributed by atoms with Crippen LogP contribution in [0.15, 0.2) is 48.5 Å². The second-order valence-corrected chi connectivity index (χ2v) is 11.8. The fourth-order valence-electron chi connectivity index (χ4n) is 6.81. The number of hydrogen-bond acceptors (Lipinski definition) is 7. The molecule has 2 aliphatic carbocycles. The summed E-state index contributed by atoms with van der Waals surface area (Å²) < 4.78 is 0. The van der Waals surface area contributed by atoms with Gasteiger partial charge in [0.05, 0.1) is 6.54 Å². The molecule has 3 aliphatic rings. The number of aromatic nitrogens is 1. The highest BCUT2D eigenvalue weighted by Crippen LogP contribution is 2.50. The molecule has 2 amide bonds. The van der Waals surface area contributed by atoms with Crippen LogP contribution in [-0.2, 0) is 10.3 Å². The fraction of sp³-hybridized carbons (Fsp3) is 0.567. The standard InChI is InChI=1S/C30H42N6O3/c1-31-27(38)24-13-8-14-25(32-24)33-26(37)20-35-21-29(36(28(35)39)19-22-9-7-10-22)15-17-30(18-16-29,34(2)3)23-11-5-4-6-12-23/h4-6,8,11-14,22,28,39H,7,9-10,15-21H2,1-3H3,(H,31,38)(H,32,33,37). The quantitative estimate of drug-likeness (QED) is 0.479. The van der Waals surface area contributed by atoms with Gasteiger partial charge in [-0.05, 0) is 76.2 Å². The molecule has 1 atom stereocenters. The van der Waals surface area contributed by atoms with Crippen molar-refractivity contribution in [1.29, 1.82) is 0 Å². The molecule has 0 bridgehead atoms. The van der Waals surface area contributed by atoms with E-state index in [-0.39, 0.29) is 35.1 Å². The van der Waals surface area contributed by atoms with Crippen LogP contribution in [0.1, 0.15) is 61.0 Å². The number of aliphatic hydroxyl groups excluding tert-OH is 1. The number of amides is 2. The Balaban J connectivity index is 1.32. The third kappa shape index (κ3) is 5.45. The van der Waals surface area contributed by atoms with E-state index in [1.165, 1.54) is 24.8 Å². The highest BCUT2D eigenvalue weighted by atomic mass is 16.3. The average molecular weight is 535 g/mol. The smallest absolute Gasteiger partial charge is 0.269 e. The van der Waals surface area contributed by atoms with Gasteiger partial charge in [0.25, 0.3) is 5.91 Å². The van der Waals surface area contributed by atoms with Gasteiger partial charge in [0.1, 0.15) is 11.5 Å². The highest BCUT2D eigenvalue weighted by Gasteiger charge is 2.55. The Hall–Kier alpha value is -2.85. The number of nitrogens with zero attached hydrogens (tertiary/aromatic N) is 4. The summed E-state index contributed by atoms with van der Waals surface area (Å²) in [6, 6.07) is 15.7. The maximum atomic E-state index is 13.1. The Morgan fingerprint density at radius 1 is 1.05 bits per heavy atom. The van der Waals surface area contributed by atoms with Crippen molar-refractivity contribution in [2.75, 3.05) is 46.1 Å². The second-order valence-electron chi connectivity index (χ2n) is 11.8. The van der Waals surface area contributed by atoms with E-state index < -0.39 is 6.35 Å². The Kier molecular flexibility index (Phi) is 8.05.